The smallest absolute Gasteiger partial charge is 0.315 e. The Morgan fingerprint density at radius 1 is 1.29 bits per heavy atom. The highest BCUT2D eigenvalue weighted by atomic mass is 16.5. The largest absolute Gasteiger partial charge is 0.481 e. The van der Waals surface area contributed by atoms with E-state index < -0.39 is 16.8 Å². The summed E-state index contributed by atoms with van der Waals surface area (Å²) in [5, 5.41) is 11.3. The molecule has 1 N–H and O–H groups in total. The molecule has 0 aromatic rings. The van der Waals surface area contributed by atoms with Gasteiger partial charge < -0.3 is 19.5 Å². The van der Waals surface area contributed by atoms with E-state index in [4.69, 9.17) is 9.73 Å². The Kier molecular flexibility index (Phi) is 9.07. The number of carbonyl (C=O) groups is 2. The van der Waals surface area contributed by atoms with E-state index in [0.29, 0.717) is 18.3 Å². The van der Waals surface area contributed by atoms with E-state index in [9.17, 15) is 14.7 Å². The van der Waals surface area contributed by atoms with Crippen molar-refractivity contribution < 1.29 is 19.4 Å². The van der Waals surface area contributed by atoms with E-state index in [1.165, 1.54) is 0 Å². The second-order valence-electron chi connectivity index (χ2n) is 14.5. The fourth-order valence-corrected chi connectivity index (χ4v) is 9.91. The summed E-state index contributed by atoms with van der Waals surface area (Å²) < 4.78 is 7.08. The lowest BCUT2D eigenvalue weighted by Gasteiger charge is -2.49. The van der Waals surface area contributed by atoms with E-state index in [0.717, 1.165) is 95.4 Å². The van der Waals surface area contributed by atoms with Gasteiger partial charge in [-0.15, -0.1) is 0 Å². The summed E-state index contributed by atoms with van der Waals surface area (Å²) in [4.78, 5) is 36.6. The zero-order valence-electron chi connectivity index (χ0n) is 26.5. The minimum Gasteiger partial charge on any atom is -0.481 e. The monoisotopic (exact) mass is 569 g/mol. The van der Waals surface area contributed by atoms with E-state index in [-0.39, 0.29) is 35.9 Å². The number of aliphatic carboxylic acids is 1. The fraction of sp³-hybridized carbons (Fsp3) is 0.853. The van der Waals surface area contributed by atoms with Gasteiger partial charge in [0.05, 0.1) is 25.3 Å². The lowest BCUT2D eigenvalue weighted by Crippen LogP contribution is -2.55. The first-order valence-electron chi connectivity index (χ1n) is 16.7. The van der Waals surface area contributed by atoms with Crippen molar-refractivity contribution in [3.8, 4) is 0 Å². The summed E-state index contributed by atoms with van der Waals surface area (Å²) in [5.74, 6) is 1.44. The SMILES string of the molecule is CCCCC1CC(C2C3C=C(C(C)C)C2(C(=O)O)C(C=O)([C@@H]2CC[C@@H](C)C2)C3)OC1CN(CC)CC1=NCCN1C. The maximum atomic E-state index is 13.8. The highest BCUT2D eigenvalue weighted by molar-refractivity contribution is 5.89. The van der Waals surface area contributed by atoms with Crippen molar-refractivity contribution in [1.82, 2.24) is 9.80 Å². The molecule has 9 atom stereocenters. The molecule has 0 spiro atoms. The van der Waals surface area contributed by atoms with Crippen molar-refractivity contribution in [3.63, 3.8) is 0 Å². The van der Waals surface area contributed by atoms with Crippen LogP contribution in [-0.2, 0) is 14.3 Å². The second kappa shape index (κ2) is 12.1. The van der Waals surface area contributed by atoms with Crippen LogP contribution in [0.3, 0.4) is 0 Å². The quantitative estimate of drug-likeness (QED) is 0.232. The molecule has 5 rings (SSSR count). The van der Waals surface area contributed by atoms with Crippen molar-refractivity contribution in [3.05, 3.63) is 11.6 Å². The Morgan fingerprint density at radius 3 is 2.63 bits per heavy atom. The van der Waals surface area contributed by atoms with Crippen LogP contribution in [-0.4, -0.2) is 85.0 Å². The Balaban J connectivity index is 1.46. The van der Waals surface area contributed by atoms with Crippen LogP contribution < -0.4 is 0 Å². The molecule has 41 heavy (non-hydrogen) atoms. The van der Waals surface area contributed by atoms with Gasteiger partial charge in [0.1, 0.15) is 17.5 Å². The number of hydrogen-bond donors (Lipinski definition) is 1. The minimum atomic E-state index is -1.16. The number of aldehydes is 1. The molecule has 5 aliphatic rings. The summed E-state index contributed by atoms with van der Waals surface area (Å²) in [6.45, 7) is 15.4. The third-order valence-electron chi connectivity index (χ3n) is 11.9. The molecule has 7 heteroatoms. The summed E-state index contributed by atoms with van der Waals surface area (Å²) in [7, 11) is 2.12. The van der Waals surface area contributed by atoms with Gasteiger partial charge in [-0.3, -0.25) is 14.7 Å². The van der Waals surface area contributed by atoms with Crippen molar-refractivity contribution in [2.45, 2.75) is 98.2 Å². The molecule has 7 unspecified atom stereocenters. The predicted octanol–water partition coefficient (Wildman–Crippen LogP) is 5.54. The van der Waals surface area contributed by atoms with Crippen LogP contribution in [0.25, 0.3) is 0 Å². The molecule has 2 saturated carbocycles. The topological polar surface area (TPSA) is 82.4 Å². The molecule has 0 amide bonds. The summed E-state index contributed by atoms with van der Waals surface area (Å²) in [6.07, 6.45) is 11.3. The van der Waals surface area contributed by atoms with Gasteiger partial charge in [0.25, 0.3) is 0 Å². The van der Waals surface area contributed by atoms with Crippen LogP contribution in [0.4, 0.5) is 0 Å². The number of unbranched alkanes of at least 4 members (excludes halogenated alkanes) is 1. The van der Waals surface area contributed by atoms with Crippen LogP contribution in [0.5, 0.6) is 0 Å². The van der Waals surface area contributed by atoms with Crippen LogP contribution in [0.1, 0.15) is 86.0 Å². The summed E-state index contributed by atoms with van der Waals surface area (Å²) >= 11 is 0. The fourth-order valence-electron chi connectivity index (χ4n) is 9.91. The lowest BCUT2D eigenvalue weighted by atomic mass is 9.52. The van der Waals surface area contributed by atoms with Crippen molar-refractivity contribution >= 4 is 18.1 Å². The molecule has 2 bridgehead atoms. The number of allylic oxidation sites excluding steroid dienone is 1. The number of rotatable bonds is 13. The van der Waals surface area contributed by atoms with E-state index in [1.54, 1.807) is 0 Å². The zero-order valence-corrected chi connectivity index (χ0v) is 26.5. The van der Waals surface area contributed by atoms with Gasteiger partial charge in [-0.2, -0.15) is 0 Å². The maximum Gasteiger partial charge on any atom is 0.315 e. The number of carboxylic acids is 1. The van der Waals surface area contributed by atoms with Crippen LogP contribution in [0, 0.1) is 46.3 Å². The number of carboxylic acid groups (broad SMARTS) is 1. The number of hydrogen-bond acceptors (Lipinski definition) is 6. The molecule has 0 aromatic heterocycles. The average molecular weight is 570 g/mol. The molecule has 3 fully saturated rings. The Bertz CT molecular complexity index is 1040. The number of carbonyl (C=O) groups excluding carboxylic acids is 1. The number of fused-ring (bicyclic) bond motifs is 2. The first-order valence-corrected chi connectivity index (χ1v) is 16.7. The first kappa shape index (κ1) is 30.7. The molecular formula is C34H55N3O4. The van der Waals surface area contributed by atoms with Gasteiger partial charge in [0.2, 0.25) is 0 Å². The molecule has 0 aromatic carbocycles. The number of aliphatic imine (C=N–C) groups is 1. The Labute approximate surface area is 248 Å². The lowest BCUT2D eigenvalue weighted by molar-refractivity contribution is -0.166. The second-order valence-corrected chi connectivity index (χ2v) is 14.5. The third-order valence-corrected chi connectivity index (χ3v) is 11.9. The van der Waals surface area contributed by atoms with Crippen LogP contribution in [0.2, 0.25) is 0 Å². The minimum absolute atomic E-state index is 0.0734. The number of ether oxygens (including phenoxy) is 1. The molecule has 2 aliphatic heterocycles. The normalized spacial score (nSPS) is 40.2. The number of likely N-dealkylation sites (N-methyl/N-ethyl adjacent to an activating group) is 2. The predicted molar refractivity (Wildman–Crippen MR) is 163 cm³/mol. The van der Waals surface area contributed by atoms with Crippen molar-refractivity contribution in [2.24, 2.45) is 51.3 Å². The van der Waals surface area contributed by atoms with E-state index in [2.05, 4.69) is 57.5 Å². The number of nitrogens with zero attached hydrogens (tertiary/aromatic N) is 3. The van der Waals surface area contributed by atoms with Gasteiger partial charge in [0.15, 0.2) is 0 Å². The Morgan fingerprint density at radius 2 is 2.07 bits per heavy atom. The molecule has 3 aliphatic carbocycles. The van der Waals surface area contributed by atoms with Gasteiger partial charge in [-0.1, -0.05) is 65.5 Å². The van der Waals surface area contributed by atoms with Crippen molar-refractivity contribution in [1.29, 1.82) is 0 Å². The summed E-state index contributed by atoms with van der Waals surface area (Å²) in [5.41, 5.74) is -1.01. The van der Waals surface area contributed by atoms with Crippen molar-refractivity contribution in [2.75, 3.05) is 39.8 Å². The molecule has 1 saturated heterocycles. The zero-order chi connectivity index (χ0) is 29.5. The molecule has 7 nitrogen and oxygen atoms in total. The van der Waals surface area contributed by atoms with E-state index >= 15 is 0 Å². The van der Waals surface area contributed by atoms with Gasteiger partial charge in [-0.05, 0) is 68.2 Å². The highest BCUT2D eigenvalue weighted by Crippen LogP contribution is 2.73. The highest BCUT2D eigenvalue weighted by Gasteiger charge is 2.76. The van der Waals surface area contributed by atoms with Gasteiger partial charge in [-0.25, -0.2) is 0 Å². The number of amidine groups is 1. The third kappa shape index (κ3) is 5.01. The molecule has 230 valence electrons. The Hall–Kier alpha value is -1.73. The average Bonchev–Trinajstić information content (AvgIpc) is 3.75. The maximum absolute atomic E-state index is 13.8. The van der Waals surface area contributed by atoms with E-state index in [1.807, 2.05) is 0 Å². The molecular weight excluding hydrogens is 514 g/mol. The molecule has 2 heterocycles. The standard InChI is InChI=1S/C34H55N3O4/c1-7-9-10-24-17-28(41-29(24)19-37(8-2)20-30-35-13-14-36(30)6)31-25-16-27(22(3)4)34(31,32(39)40)33(18-25,21-38)26-12-11-23(5)15-26/h16,21-26,28-29,31H,7-15,17-20H2,1-6H3,(H,39,40)/t23-,24?,25?,26-,28?,29?,31?,33?,34?/m1/s1. The molecule has 0 radical (unpaired) electrons. The van der Waals surface area contributed by atoms with Crippen LogP contribution >= 0.6 is 0 Å². The van der Waals surface area contributed by atoms with Gasteiger partial charge in [0, 0.05) is 31.5 Å². The first-order chi connectivity index (χ1) is 19.6. The van der Waals surface area contributed by atoms with Gasteiger partial charge >= 0.3 is 5.97 Å². The van der Waals surface area contributed by atoms with Crippen LogP contribution in [0.15, 0.2) is 16.6 Å². The summed E-state index contributed by atoms with van der Waals surface area (Å²) in [6, 6.07) is 0.